The van der Waals surface area contributed by atoms with Crippen molar-refractivity contribution in [2.45, 2.75) is 13.5 Å². The molecule has 146 valence electrons. The van der Waals surface area contributed by atoms with E-state index in [1.807, 2.05) is 41.8 Å². The summed E-state index contributed by atoms with van der Waals surface area (Å²) in [6.07, 6.45) is 1.44. The van der Waals surface area contributed by atoms with Crippen LogP contribution in [0.4, 0.5) is 5.82 Å². The molecule has 0 aliphatic carbocycles. The standard InChI is InChI=1S/C23H20N2O4/c1-3-25-18-8-5-4-7-17(18)21(26)20(15-10-12-16(28-2)13-11-15)22(25)24-23(27)19-9-6-14-29-19/h4-14H,3H2,1-2H3,(H,24,27). The van der Waals surface area contributed by atoms with Crippen LogP contribution in [0.5, 0.6) is 5.75 Å². The Balaban J connectivity index is 1.99. The van der Waals surface area contributed by atoms with Gasteiger partial charge in [0.25, 0.3) is 5.91 Å². The summed E-state index contributed by atoms with van der Waals surface area (Å²) in [5, 5.41) is 3.49. The number of anilines is 1. The van der Waals surface area contributed by atoms with Gasteiger partial charge in [0.05, 0.1) is 24.5 Å². The van der Waals surface area contributed by atoms with Gasteiger partial charge in [0.1, 0.15) is 11.6 Å². The van der Waals surface area contributed by atoms with E-state index in [1.165, 1.54) is 6.26 Å². The zero-order valence-electron chi connectivity index (χ0n) is 16.1. The number of ether oxygens (including phenoxy) is 1. The van der Waals surface area contributed by atoms with Crippen molar-refractivity contribution in [1.29, 1.82) is 0 Å². The summed E-state index contributed by atoms with van der Waals surface area (Å²) in [4.78, 5) is 26.2. The lowest BCUT2D eigenvalue weighted by molar-refractivity contribution is 0.0996. The van der Waals surface area contributed by atoms with Gasteiger partial charge in [0.2, 0.25) is 0 Å². The van der Waals surface area contributed by atoms with Crippen LogP contribution in [0, 0.1) is 0 Å². The number of para-hydroxylation sites is 1. The fourth-order valence-corrected chi connectivity index (χ4v) is 3.46. The first kappa shape index (κ1) is 18.6. The van der Waals surface area contributed by atoms with Gasteiger partial charge in [-0.3, -0.25) is 9.59 Å². The van der Waals surface area contributed by atoms with Gasteiger partial charge in [-0.25, -0.2) is 0 Å². The quantitative estimate of drug-likeness (QED) is 0.545. The van der Waals surface area contributed by atoms with Crippen molar-refractivity contribution in [2.24, 2.45) is 0 Å². The van der Waals surface area contributed by atoms with Gasteiger partial charge >= 0.3 is 0 Å². The maximum absolute atomic E-state index is 13.4. The molecule has 4 rings (SSSR count). The zero-order chi connectivity index (χ0) is 20.4. The van der Waals surface area contributed by atoms with E-state index < -0.39 is 5.91 Å². The fraction of sp³-hybridized carbons (Fsp3) is 0.130. The first-order valence-electron chi connectivity index (χ1n) is 9.29. The van der Waals surface area contributed by atoms with E-state index in [2.05, 4.69) is 5.32 Å². The zero-order valence-corrected chi connectivity index (χ0v) is 16.1. The number of pyridine rings is 1. The maximum atomic E-state index is 13.4. The number of hydrogen-bond donors (Lipinski definition) is 1. The first-order chi connectivity index (χ1) is 14.1. The average Bonchev–Trinajstić information content (AvgIpc) is 3.30. The topological polar surface area (TPSA) is 73.5 Å². The molecule has 29 heavy (non-hydrogen) atoms. The van der Waals surface area contributed by atoms with Gasteiger partial charge in [-0.1, -0.05) is 24.3 Å². The van der Waals surface area contributed by atoms with Gasteiger partial charge in [-0.05, 0) is 48.9 Å². The normalized spacial score (nSPS) is 10.8. The number of rotatable bonds is 5. The van der Waals surface area contributed by atoms with Crippen LogP contribution >= 0.6 is 0 Å². The van der Waals surface area contributed by atoms with Crippen LogP contribution in [0.1, 0.15) is 17.5 Å². The molecule has 2 aromatic heterocycles. The van der Waals surface area contributed by atoms with E-state index in [1.54, 1.807) is 37.4 Å². The van der Waals surface area contributed by atoms with Gasteiger partial charge in [0, 0.05) is 11.9 Å². The largest absolute Gasteiger partial charge is 0.497 e. The molecular formula is C23H20N2O4. The number of amides is 1. The number of fused-ring (bicyclic) bond motifs is 1. The summed E-state index contributed by atoms with van der Waals surface area (Å²) in [6, 6.07) is 17.8. The highest BCUT2D eigenvalue weighted by atomic mass is 16.5. The summed E-state index contributed by atoms with van der Waals surface area (Å²) in [7, 11) is 1.59. The molecule has 0 saturated carbocycles. The average molecular weight is 388 g/mol. The van der Waals surface area contributed by atoms with E-state index >= 15 is 0 Å². The van der Waals surface area contributed by atoms with E-state index in [-0.39, 0.29) is 11.2 Å². The lowest BCUT2D eigenvalue weighted by atomic mass is 10.0. The number of methoxy groups -OCH3 is 1. The predicted octanol–water partition coefficient (Wildman–Crippen LogP) is 4.54. The molecular weight excluding hydrogens is 368 g/mol. The molecule has 0 aliphatic heterocycles. The van der Waals surface area contributed by atoms with Crippen LogP contribution in [-0.2, 0) is 6.54 Å². The van der Waals surface area contributed by atoms with Crippen molar-refractivity contribution in [1.82, 2.24) is 4.57 Å². The number of nitrogens with zero attached hydrogens (tertiary/aromatic N) is 1. The van der Waals surface area contributed by atoms with Crippen molar-refractivity contribution in [3.8, 4) is 16.9 Å². The van der Waals surface area contributed by atoms with Crippen molar-refractivity contribution < 1.29 is 13.9 Å². The second-order valence-electron chi connectivity index (χ2n) is 6.47. The number of hydrogen-bond acceptors (Lipinski definition) is 4. The molecule has 0 bridgehead atoms. The third-order valence-electron chi connectivity index (χ3n) is 4.85. The molecule has 1 amide bonds. The number of carbonyl (C=O) groups excluding carboxylic acids is 1. The lowest BCUT2D eigenvalue weighted by Crippen LogP contribution is -2.22. The lowest BCUT2D eigenvalue weighted by Gasteiger charge is -2.20. The second-order valence-corrected chi connectivity index (χ2v) is 6.47. The number of aromatic nitrogens is 1. The first-order valence-corrected chi connectivity index (χ1v) is 9.29. The van der Waals surface area contributed by atoms with Crippen LogP contribution in [0.25, 0.3) is 22.0 Å². The van der Waals surface area contributed by atoms with Gasteiger partial charge in [-0.15, -0.1) is 0 Å². The molecule has 0 atom stereocenters. The summed E-state index contributed by atoms with van der Waals surface area (Å²) in [5.74, 6) is 0.880. The minimum absolute atomic E-state index is 0.148. The molecule has 1 N–H and O–H groups in total. The molecule has 0 fully saturated rings. The van der Waals surface area contributed by atoms with Gasteiger partial charge < -0.3 is 19.0 Å². The molecule has 0 spiro atoms. The highest BCUT2D eigenvalue weighted by molar-refractivity contribution is 6.05. The van der Waals surface area contributed by atoms with Crippen molar-refractivity contribution in [2.75, 3.05) is 12.4 Å². The molecule has 6 heteroatoms. The highest BCUT2D eigenvalue weighted by Gasteiger charge is 2.21. The fourth-order valence-electron chi connectivity index (χ4n) is 3.46. The number of furan rings is 1. The highest BCUT2D eigenvalue weighted by Crippen LogP contribution is 2.30. The van der Waals surface area contributed by atoms with Crippen molar-refractivity contribution in [3.05, 3.63) is 82.9 Å². The number of nitrogens with one attached hydrogen (secondary N) is 1. The summed E-state index contributed by atoms with van der Waals surface area (Å²) >= 11 is 0. The third-order valence-corrected chi connectivity index (χ3v) is 4.85. The molecule has 2 aromatic carbocycles. The Kier molecular flexibility index (Phi) is 4.91. The molecule has 0 aliphatic rings. The van der Waals surface area contributed by atoms with Crippen LogP contribution in [0.15, 0.2) is 76.1 Å². The van der Waals surface area contributed by atoms with E-state index in [4.69, 9.17) is 9.15 Å². The minimum atomic E-state index is -0.415. The summed E-state index contributed by atoms with van der Waals surface area (Å²) in [6.45, 7) is 2.54. The molecule has 0 saturated heterocycles. The van der Waals surface area contributed by atoms with E-state index in [9.17, 15) is 9.59 Å². The Morgan fingerprint density at radius 1 is 1.07 bits per heavy atom. The number of carbonyl (C=O) groups is 1. The monoisotopic (exact) mass is 388 g/mol. The molecule has 6 nitrogen and oxygen atoms in total. The SMILES string of the molecule is CCn1c(NC(=O)c2ccco2)c(-c2ccc(OC)cc2)c(=O)c2ccccc21. The summed E-state index contributed by atoms with van der Waals surface area (Å²) in [5.41, 5.74) is 1.73. The van der Waals surface area contributed by atoms with E-state index in [0.717, 1.165) is 5.52 Å². The Bertz CT molecular complexity index is 1220. The second kappa shape index (κ2) is 7.67. The molecule has 2 heterocycles. The van der Waals surface area contributed by atoms with Gasteiger partial charge in [0.15, 0.2) is 11.2 Å². The van der Waals surface area contributed by atoms with Crippen LogP contribution < -0.4 is 15.5 Å². The maximum Gasteiger partial charge on any atom is 0.292 e. The Morgan fingerprint density at radius 2 is 1.83 bits per heavy atom. The number of aryl methyl sites for hydroxylation is 1. The van der Waals surface area contributed by atoms with Crippen molar-refractivity contribution in [3.63, 3.8) is 0 Å². The smallest absolute Gasteiger partial charge is 0.292 e. The third kappa shape index (κ3) is 3.29. The molecule has 0 unspecified atom stereocenters. The summed E-state index contributed by atoms with van der Waals surface area (Å²) < 4.78 is 12.4. The predicted molar refractivity (Wildman–Crippen MR) is 113 cm³/mol. The van der Waals surface area contributed by atoms with Gasteiger partial charge in [-0.2, -0.15) is 0 Å². The van der Waals surface area contributed by atoms with E-state index in [0.29, 0.717) is 34.6 Å². The molecule has 4 aromatic rings. The number of benzene rings is 2. The Morgan fingerprint density at radius 3 is 2.48 bits per heavy atom. The van der Waals surface area contributed by atoms with Crippen LogP contribution in [0.2, 0.25) is 0 Å². The minimum Gasteiger partial charge on any atom is -0.497 e. The Labute approximate surface area is 167 Å². The van der Waals surface area contributed by atoms with Crippen LogP contribution in [-0.4, -0.2) is 17.6 Å². The Hall–Kier alpha value is -3.80. The van der Waals surface area contributed by atoms with Crippen LogP contribution in [0.3, 0.4) is 0 Å². The van der Waals surface area contributed by atoms with Crippen molar-refractivity contribution >= 4 is 22.6 Å². The molecule has 0 radical (unpaired) electrons.